The fourth-order valence-electron chi connectivity index (χ4n) is 1.10. The van der Waals surface area contributed by atoms with Crippen LogP contribution in [0.1, 0.15) is 13.3 Å². The Kier molecular flexibility index (Phi) is 2.84. The van der Waals surface area contributed by atoms with Gasteiger partial charge in [0.25, 0.3) is 0 Å². The predicted molar refractivity (Wildman–Crippen MR) is 50.0 cm³/mol. The molecule has 1 aliphatic heterocycles. The molecular formula is C10H13N. The topological polar surface area (TPSA) is 12.4 Å². The Balaban J connectivity index is 2.83. The number of nitrogens with zero attached hydrogens (tertiary/aromatic N) is 1. The molecule has 0 saturated heterocycles. The molecule has 0 aromatic carbocycles. The van der Waals surface area contributed by atoms with Crippen molar-refractivity contribution >= 4 is 5.71 Å². The fourth-order valence-corrected chi connectivity index (χ4v) is 1.10. The summed E-state index contributed by atoms with van der Waals surface area (Å²) in [6.07, 6.45) is 9.10. The lowest BCUT2D eigenvalue weighted by molar-refractivity contribution is 0.987. The molecule has 0 fully saturated rings. The van der Waals surface area contributed by atoms with Gasteiger partial charge in [-0.05, 0) is 25.0 Å². The third-order valence-electron chi connectivity index (χ3n) is 1.62. The summed E-state index contributed by atoms with van der Waals surface area (Å²) < 4.78 is 0. The van der Waals surface area contributed by atoms with Crippen molar-refractivity contribution in [2.24, 2.45) is 4.99 Å². The van der Waals surface area contributed by atoms with E-state index in [1.54, 1.807) is 0 Å². The van der Waals surface area contributed by atoms with Gasteiger partial charge < -0.3 is 0 Å². The molecule has 0 amide bonds. The van der Waals surface area contributed by atoms with Crippen molar-refractivity contribution in [3.63, 3.8) is 0 Å². The summed E-state index contributed by atoms with van der Waals surface area (Å²) in [6.45, 7) is 6.65. The zero-order valence-corrected chi connectivity index (χ0v) is 6.88. The molecule has 0 radical (unpaired) electrons. The second-order valence-electron chi connectivity index (χ2n) is 2.42. The average molecular weight is 147 g/mol. The van der Waals surface area contributed by atoms with E-state index < -0.39 is 0 Å². The van der Waals surface area contributed by atoms with E-state index in [1.807, 2.05) is 25.2 Å². The summed E-state index contributed by atoms with van der Waals surface area (Å²) in [6, 6.07) is 0. The molecule has 1 nitrogen and oxygen atoms in total. The lowest BCUT2D eigenvalue weighted by Gasteiger charge is -2.07. The molecule has 1 heterocycles. The molecule has 0 spiro atoms. The van der Waals surface area contributed by atoms with Crippen LogP contribution in [0.25, 0.3) is 0 Å². The smallest absolute Gasteiger partial charge is 0.0640 e. The van der Waals surface area contributed by atoms with Crippen molar-refractivity contribution in [1.29, 1.82) is 0 Å². The van der Waals surface area contributed by atoms with Crippen LogP contribution >= 0.6 is 0 Å². The highest BCUT2D eigenvalue weighted by Crippen LogP contribution is 2.08. The minimum Gasteiger partial charge on any atom is -0.284 e. The summed E-state index contributed by atoms with van der Waals surface area (Å²) in [5, 5.41) is 0. The first-order valence-corrected chi connectivity index (χ1v) is 3.88. The lowest BCUT2D eigenvalue weighted by atomic mass is 10.1. The SMILES string of the molecule is C=CC1=CCCN=C1/C=C\C. The number of aliphatic imine (C=N–C) groups is 1. The van der Waals surface area contributed by atoms with Gasteiger partial charge in [0.1, 0.15) is 0 Å². The number of hydrogen-bond donors (Lipinski definition) is 0. The molecule has 58 valence electrons. The van der Waals surface area contributed by atoms with E-state index in [0.29, 0.717) is 0 Å². The van der Waals surface area contributed by atoms with E-state index in [4.69, 9.17) is 0 Å². The second-order valence-corrected chi connectivity index (χ2v) is 2.42. The van der Waals surface area contributed by atoms with E-state index in [9.17, 15) is 0 Å². The molecule has 11 heavy (non-hydrogen) atoms. The third-order valence-corrected chi connectivity index (χ3v) is 1.62. The van der Waals surface area contributed by atoms with Crippen molar-refractivity contribution in [2.75, 3.05) is 6.54 Å². The minimum absolute atomic E-state index is 0.914. The van der Waals surface area contributed by atoms with Crippen LogP contribution in [0.4, 0.5) is 0 Å². The first-order valence-electron chi connectivity index (χ1n) is 3.88. The number of rotatable bonds is 2. The third kappa shape index (κ3) is 1.90. The van der Waals surface area contributed by atoms with Gasteiger partial charge in [0, 0.05) is 6.54 Å². The molecule has 0 atom stereocenters. The highest BCUT2D eigenvalue weighted by molar-refractivity contribution is 6.10. The molecule has 1 rings (SSSR count). The zero-order chi connectivity index (χ0) is 8.10. The van der Waals surface area contributed by atoms with Gasteiger partial charge in [0.2, 0.25) is 0 Å². The van der Waals surface area contributed by atoms with Crippen LogP contribution in [0.3, 0.4) is 0 Å². The Bertz CT molecular complexity index is 231. The van der Waals surface area contributed by atoms with Crippen LogP contribution in [0.2, 0.25) is 0 Å². The normalized spacial score (nSPS) is 17.9. The van der Waals surface area contributed by atoms with Crippen LogP contribution in [0, 0.1) is 0 Å². The summed E-state index contributed by atoms with van der Waals surface area (Å²) in [7, 11) is 0. The minimum atomic E-state index is 0.914. The first kappa shape index (κ1) is 7.99. The molecule has 0 aliphatic carbocycles. The van der Waals surface area contributed by atoms with Crippen LogP contribution in [-0.2, 0) is 0 Å². The van der Waals surface area contributed by atoms with Crippen molar-refractivity contribution in [2.45, 2.75) is 13.3 Å². The van der Waals surface area contributed by atoms with Crippen molar-refractivity contribution in [3.8, 4) is 0 Å². The van der Waals surface area contributed by atoms with Gasteiger partial charge in [-0.3, -0.25) is 4.99 Å². The van der Waals surface area contributed by atoms with Crippen molar-refractivity contribution < 1.29 is 0 Å². The maximum Gasteiger partial charge on any atom is 0.0640 e. The Morgan fingerprint density at radius 3 is 3.09 bits per heavy atom. The highest BCUT2D eigenvalue weighted by Gasteiger charge is 2.02. The maximum atomic E-state index is 4.36. The molecule has 1 aliphatic rings. The van der Waals surface area contributed by atoms with Gasteiger partial charge in [-0.15, -0.1) is 0 Å². The fraction of sp³-hybridized carbons (Fsp3) is 0.300. The molecule has 0 unspecified atom stereocenters. The predicted octanol–water partition coefficient (Wildman–Crippen LogP) is 2.52. The molecule has 1 heteroatoms. The number of dihydropyridines is 1. The van der Waals surface area contributed by atoms with E-state index in [-0.39, 0.29) is 0 Å². The Labute approximate surface area is 67.8 Å². The second kappa shape index (κ2) is 3.91. The maximum absolute atomic E-state index is 4.36. The van der Waals surface area contributed by atoms with Crippen molar-refractivity contribution in [1.82, 2.24) is 0 Å². The van der Waals surface area contributed by atoms with E-state index in [2.05, 4.69) is 17.6 Å². The van der Waals surface area contributed by atoms with E-state index >= 15 is 0 Å². The van der Waals surface area contributed by atoms with Gasteiger partial charge in [-0.1, -0.05) is 24.8 Å². The van der Waals surface area contributed by atoms with Crippen molar-refractivity contribution in [3.05, 3.63) is 36.5 Å². The molecule has 0 saturated carbocycles. The number of hydrogen-bond acceptors (Lipinski definition) is 1. The first-order chi connectivity index (χ1) is 5.38. The van der Waals surface area contributed by atoms with E-state index in [1.165, 1.54) is 0 Å². The summed E-state index contributed by atoms with van der Waals surface area (Å²) in [5.74, 6) is 0. The zero-order valence-electron chi connectivity index (χ0n) is 6.88. The standard InChI is InChI=1S/C10H13N/c1-3-6-10-9(4-2)7-5-8-11-10/h3-4,6-7H,2,5,8H2,1H3/b6-3-. The van der Waals surface area contributed by atoms with Gasteiger partial charge >= 0.3 is 0 Å². The lowest BCUT2D eigenvalue weighted by Crippen LogP contribution is -2.03. The van der Waals surface area contributed by atoms with Gasteiger partial charge in [0.05, 0.1) is 5.71 Å². The van der Waals surface area contributed by atoms with Crippen LogP contribution in [0.5, 0.6) is 0 Å². The van der Waals surface area contributed by atoms with Crippen LogP contribution in [0.15, 0.2) is 41.4 Å². The number of allylic oxidation sites excluding steroid dienone is 4. The van der Waals surface area contributed by atoms with Crippen LogP contribution < -0.4 is 0 Å². The summed E-state index contributed by atoms with van der Waals surface area (Å²) >= 11 is 0. The average Bonchev–Trinajstić information content (AvgIpc) is 2.06. The Hall–Kier alpha value is -1.11. The highest BCUT2D eigenvalue weighted by atomic mass is 14.7. The molecular weight excluding hydrogens is 134 g/mol. The summed E-state index contributed by atoms with van der Waals surface area (Å²) in [4.78, 5) is 4.36. The Morgan fingerprint density at radius 2 is 2.45 bits per heavy atom. The summed E-state index contributed by atoms with van der Waals surface area (Å²) in [5.41, 5.74) is 2.23. The quantitative estimate of drug-likeness (QED) is 0.569. The van der Waals surface area contributed by atoms with Gasteiger partial charge in [0.15, 0.2) is 0 Å². The molecule has 0 aromatic heterocycles. The molecule has 0 aromatic rings. The molecule has 0 bridgehead atoms. The Morgan fingerprint density at radius 1 is 1.64 bits per heavy atom. The molecule has 0 N–H and O–H groups in total. The van der Waals surface area contributed by atoms with Gasteiger partial charge in [-0.25, -0.2) is 0 Å². The van der Waals surface area contributed by atoms with E-state index in [0.717, 1.165) is 24.3 Å². The largest absolute Gasteiger partial charge is 0.284 e. The van der Waals surface area contributed by atoms with Crippen LogP contribution in [-0.4, -0.2) is 12.3 Å². The van der Waals surface area contributed by atoms with Gasteiger partial charge in [-0.2, -0.15) is 0 Å². The monoisotopic (exact) mass is 147 g/mol.